The molecule has 0 saturated heterocycles. The molecule has 0 fully saturated rings. The average Bonchev–Trinajstić information content (AvgIpc) is 2.99. The summed E-state index contributed by atoms with van der Waals surface area (Å²) in [5, 5.41) is 11.4. The first-order valence-corrected chi connectivity index (χ1v) is 7.67. The van der Waals surface area contributed by atoms with Crippen LogP contribution in [0.25, 0.3) is 33.1 Å². The molecule has 0 saturated carbocycles. The van der Waals surface area contributed by atoms with Crippen molar-refractivity contribution in [2.45, 2.75) is 0 Å². The highest BCUT2D eigenvalue weighted by Gasteiger charge is 2.16. The van der Waals surface area contributed by atoms with Crippen molar-refractivity contribution >= 4 is 39.3 Å². The fourth-order valence-electron chi connectivity index (χ4n) is 2.86. The number of nitrogens with zero attached hydrogens (tertiary/aromatic N) is 1. The topological polar surface area (TPSA) is 78.0 Å². The summed E-state index contributed by atoms with van der Waals surface area (Å²) in [7, 11) is 0. The van der Waals surface area contributed by atoms with Crippen molar-refractivity contribution in [3.05, 3.63) is 65.3 Å². The normalized spacial score (nSPS) is 11.1. The lowest BCUT2D eigenvalue weighted by atomic mass is 10.1. The second-order valence-corrected chi connectivity index (χ2v) is 5.84. The van der Waals surface area contributed by atoms with Crippen LogP contribution in [-0.2, 0) is 0 Å². The molecule has 4 rings (SSSR count). The standard InChI is InChI=1S/C18H12ClN3O2/c19-11-5-3-4-10(8-11)16-17-13(9-15(21-16)18(23)22-24)12-6-1-2-7-14(12)20-17/h1-9,20,24H,(H,22,23). The molecule has 24 heavy (non-hydrogen) atoms. The third-order valence-corrected chi connectivity index (χ3v) is 4.16. The number of aromatic nitrogens is 2. The molecule has 0 aliphatic rings. The number of fused-ring (bicyclic) bond motifs is 3. The number of halogens is 1. The van der Waals surface area contributed by atoms with Gasteiger partial charge >= 0.3 is 0 Å². The van der Waals surface area contributed by atoms with E-state index in [4.69, 9.17) is 16.8 Å². The van der Waals surface area contributed by atoms with Crippen LogP contribution < -0.4 is 5.48 Å². The molecule has 2 heterocycles. The fraction of sp³-hybridized carbons (Fsp3) is 0. The van der Waals surface area contributed by atoms with Crippen molar-refractivity contribution in [1.29, 1.82) is 0 Å². The zero-order valence-electron chi connectivity index (χ0n) is 12.4. The summed E-state index contributed by atoms with van der Waals surface area (Å²) in [4.78, 5) is 19.7. The number of H-pyrrole nitrogens is 1. The van der Waals surface area contributed by atoms with Crippen molar-refractivity contribution in [2.75, 3.05) is 0 Å². The van der Waals surface area contributed by atoms with Crippen molar-refractivity contribution in [3.8, 4) is 11.3 Å². The van der Waals surface area contributed by atoms with Gasteiger partial charge < -0.3 is 4.98 Å². The quantitative estimate of drug-likeness (QED) is 0.379. The number of rotatable bonds is 2. The van der Waals surface area contributed by atoms with E-state index in [1.54, 1.807) is 23.7 Å². The second-order valence-electron chi connectivity index (χ2n) is 5.40. The van der Waals surface area contributed by atoms with E-state index in [0.29, 0.717) is 10.7 Å². The number of nitrogens with one attached hydrogen (secondary N) is 2. The van der Waals surface area contributed by atoms with Gasteiger partial charge in [-0.3, -0.25) is 10.0 Å². The number of amides is 1. The fourth-order valence-corrected chi connectivity index (χ4v) is 3.05. The monoisotopic (exact) mass is 337 g/mol. The number of hydroxylamine groups is 1. The minimum atomic E-state index is -0.662. The van der Waals surface area contributed by atoms with Gasteiger partial charge in [0.25, 0.3) is 5.91 Å². The highest BCUT2D eigenvalue weighted by molar-refractivity contribution is 6.31. The van der Waals surface area contributed by atoms with Crippen LogP contribution in [0.4, 0.5) is 0 Å². The predicted molar refractivity (Wildman–Crippen MR) is 93.3 cm³/mol. The van der Waals surface area contributed by atoms with Crippen LogP contribution in [0.2, 0.25) is 5.02 Å². The number of carbonyl (C=O) groups excluding carboxylic acids is 1. The Bertz CT molecular complexity index is 1090. The summed E-state index contributed by atoms with van der Waals surface area (Å²) in [5.74, 6) is -0.662. The summed E-state index contributed by atoms with van der Waals surface area (Å²) in [6, 6.07) is 16.7. The molecule has 6 heteroatoms. The lowest BCUT2D eigenvalue weighted by Gasteiger charge is -2.07. The third kappa shape index (κ3) is 2.31. The lowest BCUT2D eigenvalue weighted by molar-refractivity contribution is 0.0701. The number of hydrogen-bond donors (Lipinski definition) is 3. The average molecular weight is 338 g/mol. The molecule has 0 aliphatic heterocycles. The molecule has 2 aromatic heterocycles. The van der Waals surface area contributed by atoms with Gasteiger partial charge in [0.05, 0.1) is 11.2 Å². The molecule has 0 bridgehead atoms. The van der Waals surface area contributed by atoms with Gasteiger partial charge in [0.2, 0.25) is 0 Å². The molecule has 1 amide bonds. The lowest BCUT2D eigenvalue weighted by Crippen LogP contribution is -2.20. The van der Waals surface area contributed by atoms with Crippen molar-refractivity contribution in [3.63, 3.8) is 0 Å². The van der Waals surface area contributed by atoms with Crippen LogP contribution in [0.5, 0.6) is 0 Å². The minimum Gasteiger partial charge on any atom is -0.353 e. The van der Waals surface area contributed by atoms with Crippen LogP contribution in [0.1, 0.15) is 10.5 Å². The van der Waals surface area contributed by atoms with Crippen LogP contribution in [0.3, 0.4) is 0 Å². The smallest absolute Gasteiger partial charge is 0.293 e. The van der Waals surface area contributed by atoms with Gasteiger partial charge in [-0.25, -0.2) is 10.5 Å². The molecule has 0 spiro atoms. The molecule has 118 valence electrons. The number of carbonyl (C=O) groups is 1. The van der Waals surface area contributed by atoms with Crippen LogP contribution >= 0.6 is 11.6 Å². The summed E-state index contributed by atoms with van der Waals surface area (Å²) in [5.41, 5.74) is 4.91. The SMILES string of the molecule is O=C(NO)c1cc2c([nH]c3ccccc32)c(-c2cccc(Cl)c2)n1. The molecule has 0 unspecified atom stereocenters. The number of pyridine rings is 1. The van der Waals surface area contributed by atoms with E-state index in [-0.39, 0.29) is 5.69 Å². The Morgan fingerprint density at radius 1 is 1.08 bits per heavy atom. The second kappa shape index (κ2) is 5.63. The maximum absolute atomic E-state index is 11.9. The van der Waals surface area contributed by atoms with Gasteiger partial charge in [-0.2, -0.15) is 0 Å². The molecule has 0 atom stereocenters. The van der Waals surface area contributed by atoms with E-state index in [9.17, 15) is 4.79 Å². The van der Waals surface area contributed by atoms with Gasteiger partial charge in [-0.1, -0.05) is 41.9 Å². The highest BCUT2D eigenvalue weighted by atomic mass is 35.5. The Balaban J connectivity index is 2.12. The van der Waals surface area contributed by atoms with Crippen molar-refractivity contribution < 1.29 is 10.0 Å². The first kappa shape index (κ1) is 14.7. The minimum absolute atomic E-state index is 0.129. The van der Waals surface area contributed by atoms with E-state index in [1.165, 1.54) is 0 Å². The van der Waals surface area contributed by atoms with Gasteiger partial charge in [0.1, 0.15) is 5.69 Å². The zero-order valence-corrected chi connectivity index (χ0v) is 13.1. The largest absolute Gasteiger partial charge is 0.353 e. The molecule has 0 radical (unpaired) electrons. The highest BCUT2D eigenvalue weighted by Crippen LogP contribution is 2.33. The van der Waals surface area contributed by atoms with Crippen molar-refractivity contribution in [2.24, 2.45) is 0 Å². The van der Waals surface area contributed by atoms with Crippen LogP contribution in [-0.4, -0.2) is 21.1 Å². The Hall–Kier alpha value is -2.89. The molecular weight excluding hydrogens is 326 g/mol. The summed E-state index contributed by atoms with van der Waals surface area (Å²) in [6.45, 7) is 0. The molecule has 0 aliphatic carbocycles. The number of benzene rings is 2. The Labute approximate surface area is 141 Å². The first-order valence-electron chi connectivity index (χ1n) is 7.29. The van der Waals surface area contributed by atoms with E-state index in [0.717, 1.165) is 27.4 Å². The molecule has 2 aromatic carbocycles. The molecular formula is C18H12ClN3O2. The number of para-hydroxylation sites is 1. The third-order valence-electron chi connectivity index (χ3n) is 3.93. The summed E-state index contributed by atoms with van der Waals surface area (Å²) >= 11 is 6.10. The van der Waals surface area contributed by atoms with Crippen molar-refractivity contribution in [1.82, 2.24) is 15.4 Å². The first-order chi connectivity index (χ1) is 11.7. The van der Waals surface area contributed by atoms with Gasteiger partial charge in [-0.05, 0) is 24.3 Å². The Morgan fingerprint density at radius 2 is 1.92 bits per heavy atom. The maximum atomic E-state index is 11.9. The van der Waals surface area contributed by atoms with E-state index < -0.39 is 5.91 Å². The van der Waals surface area contributed by atoms with Gasteiger partial charge in [-0.15, -0.1) is 0 Å². The number of aromatic amines is 1. The molecule has 5 nitrogen and oxygen atoms in total. The van der Waals surface area contributed by atoms with E-state index in [1.807, 2.05) is 36.4 Å². The van der Waals surface area contributed by atoms with Crippen LogP contribution in [0.15, 0.2) is 54.6 Å². The maximum Gasteiger partial charge on any atom is 0.293 e. The summed E-state index contributed by atoms with van der Waals surface area (Å²) < 4.78 is 0. The Morgan fingerprint density at radius 3 is 2.71 bits per heavy atom. The van der Waals surface area contributed by atoms with E-state index >= 15 is 0 Å². The molecule has 3 N–H and O–H groups in total. The molecule has 4 aromatic rings. The van der Waals surface area contributed by atoms with Gasteiger partial charge in [0.15, 0.2) is 0 Å². The Kier molecular flexibility index (Phi) is 3.45. The predicted octanol–water partition coefficient (Wildman–Crippen LogP) is 4.16. The van der Waals surface area contributed by atoms with E-state index in [2.05, 4.69) is 9.97 Å². The zero-order chi connectivity index (χ0) is 16.7. The van der Waals surface area contributed by atoms with Gasteiger partial charge in [0, 0.05) is 26.9 Å². The summed E-state index contributed by atoms with van der Waals surface area (Å²) in [6.07, 6.45) is 0. The number of hydrogen-bond acceptors (Lipinski definition) is 3. The van der Waals surface area contributed by atoms with Crippen LogP contribution in [0, 0.1) is 0 Å².